The monoisotopic (exact) mass is 339 g/mol. The van der Waals surface area contributed by atoms with Gasteiger partial charge in [0, 0.05) is 6.08 Å². The van der Waals surface area contributed by atoms with E-state index >= 15 is 0 Å². The van der Waals surface area contributed by atoms with Gasteiger partial charge in [-0.05, 0) is 48.4 Å². The van der Waals surface area contributed by atoms with Crippen LogP contribution in [0.4, 0.5) is 0 Å². The molecular weight excluding hydrogens is 318 g/mol. The van der Waals surface area contributed by atoms with Crippen LogP contribution in [-0.2, 0) is 4.79 Å². The molecule has 2 aromatic carbocycles. The molecule has 5 heteroatoms. The number of rotatable bonds is 5. The Balaban J connectivity index is 1.60. The van der Waals surface area contributed by atoms with E-state index in [0.29, 0.717) is 13.2 Å². The van der Waals surface area contributed by atoms with Crippen LogP contribution in [0.2, 0.25) is 0 Å². The Morgan fingerprint density at radius 1 is 1.12 bits per heavy atom. The second-order valence-electron chi connectivity index (χ2n) is 5.74. The van der Waals surface area contributed by atoms with Gasteiger partial charge in [0.05, 0.1) is 13.2 Å². The quantitative estimate of drug-likeness (QED) is 0.849. The number of fused-ring (bicyclic) bond motifs is 1. The van der Waals surface area contributed by atoms with Crippen LogP contribution in [0, 0.1) is 0 Å². The lowest BCUT2D eigenvalue weighted by Gasteiger charge is -2.20. The summed E-state index contributed by atoms with van der Waals surface area (Å²) in [5.74, 6) is 2.10. The molecule has 130 valence electrons. The molecule has 5 nitrogen and oxygen atoms in total. The molecule has 0 bridgehead atoms. The number of hydrogen-bond donors (Lipinski definition) is 1. The van der Waals surface area contributed by atoms with Crippen molar-refractivity contribution in [3.05, 3.63) is 59.7 Å². The summed E-state index contributed by atoms with van der Waals surface area (Å²) >= 11 is 0. The number of amides is 1. The molecule has 0 fully saturated rings. The molecule has 0 saturated heterocycles. The molecule has 1 heterocycles. The summed E-state index contributed by atoms with van der Waals surface area (Å²) in [6, 6.07) is 13.1. The molecule has 2 aromatic rings. The van der Waals surface area contributed by atoms with E-state index in [1.165, 1.54) is 6.08 Å². The molecule has 1 aliphatic heterocycles. The molecule has 3 rings (SSSR count). The van der Waals surface area contributed by atoms with E-state index in [1.54, 1.807) is 13.2 Å². The highest BCUT2D eigenvalue weighted by molar-refractivity contribution is 5.92. The van der Waals surface area contributed by atoms with Crippen molar-refractivity contribution < 1.29 is 19.0 Å². The van der Waals surface area contributed by atoms with Crippen molar-refractivity contribution in [1.29, 1.82) is 0 Å². The van der Waals surface area contributed by atoms with Gasteiger partial charge >= 0.3 is 0 Å². The first-order valence-corrected chi connectivity index (χ1v) is 8.18. The van der Waals surface area contributed by atoms with Crippen molar-refractivity contribution in [3.63, 3.8) is 0 Å². The van der Waals surface area contributed by atoms with Crippen LogP contribution in [0.1, 0.15) is 24.1 Å². The highest BCUT2D eigenvalue weighted by atomic mass is 16.6. The average molecular weight is 339 g/mol. The van der Waals surface area contributed by atoms with Crippen LogP contribution in [0.3, 0.4) is 0 Å². The maximum Gasteiger partial charge on any atom is 0.244 e. The summed E-state index contributed by atoms with van der Waals surface area (Å²) in [4.78, 5) is 12.1. The molecule has 0 unspecified atom stereocenters. The van der Waals surface area contributed by atoms with Crippen LogP contribution in [-0.4, -0.2) is 26.2 Å². The average Bonchev–Trinajstić information content (AvgIpc) is 2.66. The molecule has 0 saturated carbocycles. The Bertz CT molecular complexity index is 768. The third kappa shape index (κ3) is 4.32. The lowest BCUT2D eigenvalue weighted by molar-refractivity contribution is -0.117. The van der Waals surface area contributed by atoms with E-state index in [1.807, 2.05) is 49.4 Å². The van der Waals surface area contributed by atoms with Gasteiger partial charge in [0.1, 0.15) is 19.0 Å². The fraction of sp³-hybridized carbons (Fsp3) is 0.250. The van der Waals surface area contributed by atoms with Crippen molar-refractivity contribution >= 4 is 12.0 Å². The first-order chi connectivity index (χ1) is 12.2. The van der Waals surface area contributed by atoms with E-state index in [0.717, 1.165) is 28.4 Å². The summed E-state index contributed by atoms with van der Waals surface area (Å²) in [6.07, 6.45) is 3.29. The number of hydrogen-bond acceptors (Lipinski definition) is 4. The van der Waals surface area contributed by atoms with Gasteiger partial charge in [-0.2, -0.15) is 0 Å². The van der Waals surface area contributed by atoms with Gasteiger partial charge in [-0.1, -0.05) is 18.2 Å². The van der Waals surface area contributed by atoms with E-state index in [4.69, 9.17) is 14.2 Å². The minimum absolute atomic E-state index is 0.135. The van der Waals surface area contributed by atoms with Gasteiger partial charge in [0.25, 0.3) is 0 Å². The molecule has 0 spiro atoms. The topological polar surface area (TPSA) is 56.8 Å². The van der Waals surface area contributed by atoms with Crippen LogP contribution in [0.15, 0.2) is 48.5 Å². The predicted molar refractivity (Wildman–Crippen MR) is 96.0 cm³/mol. The van der Waals surface area contributed by atoms with E-state index in [-0.39, 0.29) is 11.9 Å². The Hall–Kier alpha value is -2.95. The van der Waals surface area contributed by atoms with E-state index in [2.05, 4.69) is 5.32 Å². The molecule has 0 aromatic heterocycles. The maximum atomic E-state index is 12.1. The molecule has 1 atom stereocenters. The number of nitrogens with one attached hydrogen (secondary N) is 1. The van der Waals surface area contributed by atoms with E-state index in [9.17, 15) is 4.79 Å². The number of benzene rings is 2. The molecule has 0 radical (unpaired) electrons. The largest absolute Gasteiger partial charge is 0.497 e. The predicted octanol–water partition coefficient (Wildman–Crippen LogP) is 3.36. The summed E-state index contributed by atoms with van der Waals surface area (Å²) < 4.78 is 16.2. The fourth-order valence-electron chi connectivity index (χ4n) is 2.56. The highest BCUT2D eigenvalue weighted by Gasteiger charge is 2.15. The number of carbonyl (C=O) groups excluding carboxylic acids is 1. The van der Waals surface area contributed by atoms with Crippen LogP contribution >= 0.6 is 0 Å². The summed E-state index contributed by atoms with van der Waals surface area (Å²) in [5.41, 5.74) is 1.90. The zero-order valence-corrected chi connectivity index (χ0v) is 14.3. The number of carbonyl (C=O) groups is 1. The Morgan fingerprint density at radius 2 is 1.84 bits per heavy atom. The minimum Gasteiger partial charge on any atom is -0.497 e. The smallest absolute Gasteiger partial charge is 0.244 e. The first kappa shape index (κ1) is 16.9. The zero-order chi connectivity index (χ0) is 17.6. The summed E-state index contributed by atoms with van der Waals surface area (Å²) in [5, 5.41) is 2.95. The lowest BCUT2D eigenvalue weighted by Crippen LogP contribution is -2.25. The van der Waals surface area contributed by atoms with Gasteiger partial charge in [-0.3, -0.25) is 4.79 Å². The number of methoxy groups -OCH3 is 1. The third-order valence-electron chi connectivity index (χ3n) is 3.97. The Morgan fingerprint density at radius 3 is 2.56 bits per heavy atom. The normalized spacial score (nSPS) is 14.2. The van der Waals surface area contributed by atoms with Crippen molar-refractivity contribution in [1.82, 2.24) is 5.32 Å². The molecule has 1 N–H and O–H groups in total. The van der Waals surface area contributed by atoms with Gasteiger partial charge < -0.3 is 19.5 Å². The molecule has 1 amide bonds. The molecule has 25 heavy (non-hydrogen) atoms. The zero-order valence-electron chi connectivity index (χ0n) is 14.3. The first-order valence-electron chi connectivity index (χ1n) is 8.18. The van der Waals surface area contributed by atoms with Crippen molar-refractivity contribution in [2.75, 3.05) is 20.3 Å². The standard InChI is InChI=1S/C20H21NO4/c1-14(16-6-9-18-19(13-16)25-12-11-24-18)21-20(22)10-5-15-3-7-17(23-2)8-4-15/h3-10,13-14H,11-12H2,1-2H3,(H,21,22)/b10-5+/t14-/m1/s1. The van der Waals surface area contributed by atoms with Crippen molar-refractivity contribution in [3.8, 4) is 17.2 Å². The fourth-order valence-corrected chi connectivity index (χ4v) is 2.56. The van der Waals surface area contributed by atoms with E-state index < -0.39 is 0 Å². The number of ether oxygens (including phenoxy) is 3. The third-order valence-corrected chi connectivity index (χ3v) is 3.97. The molecular formula is C20H21NO4. The van der Waals surface area contributed by atoms with Gasteiger partial charge in [0.15, 0.2) is 11.5 Å². The molecule has 1 aliphatic rings. The van der Waals surface area contributed by atoms with Crippen molar-refractivity contribution in [2.45, 2.75) is 13.0 Å². The minimum atomic E-state index is -0.154. The lowest BCUT2D eigenvalue weighted by atomic mass is 10.1. The van der Waals surface area contributed by atoms with Gasteiger partial charge in [-0.15, -0.1) is 0 Å². The maximum absolute atomic E-state index is 12.1. The SMILES string of the molecule is COc1ccc(/C=C/C(=O)N[C@H](C)c2ccc3c(c2)OCCO3)cc1. The second-order valence-corrected chi connectivity index (χ2v) is 5.74. The van der Waals surface area contributed by atoms with Crippen molar-refractivity contribution in [2.24, 2.45) is 0 Å². The molecule has 0 aliphatic carbocycles. The van der Waals surface area contributed by atoms with Gasteiger partial charge in [0.2, 0.25) is 5.91 Å². The highest BCUT2D eigenvalue weighted by Crippen LogP contribution is 2.32. The summed E-state index contributed by atoms with van der Waals surface area (Å²) in [7, 11) is 1.62. The Labute approximate surface area is 147 Å². The Kier molecular flexibility index (Phi) is 5.23. The van der Waals surface area contributed by atoms with Crippen LogP contribution < -0.4 is 19.5 Å². The second kappa shape index (κ2) is 7.75. The van der Waals surface area contributed by atoms with Crippen LogP contribution in [0.5, 0.6) is 17.2 Å². The summed E-state index contributed by atoms with van der Waals surface area (Å²) in [6.45, 7) is 3.04. The van der Waals surface area contributed by atoms with Gasteiger partial charge in [-0.25, -0.2) is 0 Å². The van der Waals surface area contributed by atoms with Crippen LogP contribution in [0.25, 0.3) is 6.08 Å².